The molecule has 3 N–H and O–H groups in total. The van der Waals surface area contributed by atoms with Gasteiger partial charge in [-0.3, -0.25) is 4.79 Å². The van der Waals surface area contributed by atoms with Crippen LogP contribution in [0.2, 0.25) is 0 Å². The van der Waals surface area contributed by atoms with E-state index >= 15 is 0 Å². The van der Waals surface area contributed by atoms with Gasteiger partial charge in [0.15, 0.2) is 0 Å². The summed E-state index contributed by atoms with van der Waals surface area (Å²) in [6.07, 6.45) is 0.634. The molecule has 0 saturated heterocycles. The summed E-state index contributed by atoms with van der Waals surface area (Å²) in [6.45, 7) is 3.64. The van der Waals surface area contributed by atoms with Crippen LogP contribution in [-0.4, -0.2) is 65.2 Å². The van der Waals surface area contributed by atoms with Gasteiger partial charge in [0.1, 0.15) is 5.82 Å². The molecule has 0 saturated carbocycles. The number of halogens is 1. The first-order valence-corrected chi connectivity index (χ1v) is 12.0. The number of carbonyl (C=O) groups is 1. The molecular formula is C22H28FN3O6S. The minimum absolute atomic E-state index is 0.116. The maximum Gasteiger partial charge on any atom is 0.305 e. The Morgan fingerprint density at radius 2 is 1.85 bits per heavy atom. The molecule has 0 spiro atoms. The van der Waals surface area contributed by atoms with E-state index in [-0.39, 0.29) is 29.5 Å². The summed E-state index contributed by atoms with van der Waals surface area (Å²) in [5.41, 5.74) is 1.03. The molecule has 0 amide bonds. The number of benzene rings is 1. The fourth-order valence-corrected chi connectivity index (χ4v) is 3.45. The third-order valence-corrected chi connectivity index (χ3v) is 5.99. The molecular weight excluding hydrogens is 453 g/mol. The van der Waals surface area contributed by atoms with Crippen LogP contribution in [-0.2, 0) is 14.8 Å². The Morgan fingerprint density at radius 1 is 1.21 bits per heavy atom. The van der Waals surface area contributed by atoms with Crippen LogP contribution in [0.25, 0.3) is 17.3 Å². The Bertz CT molecular complexity index is 1140. The highest BCUT2D eigenvalue weighted by Gasteiger charge is 2.23. The lowest BCUT2D eigenvalue weighted by Gasteiger charge is -2.20. The van der Waals surface area contributed by atoms with Crippen molar-refractivity contribution in [3.05, 3.63) is 47.4 Å². The number of carboxylic acid groups (broad SMARTS) is 1. The Morgan fingerprint density at radius 3 is 2.39 bits per heavy atom. The number of sulfonamides is 1. The van der Waals surface area contributed by atoms with Gasteiger partial charge in [0.25, 0.3) is 0 Å². The summed E-state index contributed by atoms with van der Waals surface area (Å²) in [5, 5.41) is 28.8. The molecule has 0 fully saturated rings. The van der Waals surface area contributed by atoms with E-state index < -0.39 is 40.4 Å². The van der Waals surface area contributed by atoms with Gasteiger partial charge in [-0.15, -0.1) is 0 Å². The van der Waals surface area contributed by atoms with Crippen LogP contribution >= 0.6 is 0 Å². The molecule has 0 radical (unpaired) electrons. The highest BCUT2D eigenvalue weighted by atomic mass is 32.2. The molecule has 0 bridgehead atoms. The quantitative estimate of drug-likeness (QED) is 0.470. The Balaban J connectivity index is 2.65. The van der Waals surface area contributed by atoms with Crippen LogP contribution in [0, 0.1) is 5.82 Å². The van der Waals surface area contributed by atoms with Crippen molar-refractivity contribution < 1.29 is 32.9 Å². The lowest BCUT2D eigenvalue weighted by Crippen LogP contribution is -2.27. The monoisotopic (exact) mass is 481 g/mol. The standard InChI is InChI=1S/C22H28FN3O6S/c1-13(2)20-17(10-9-14(27)11-15(28)12-19(29)30)21(16-7-5-6-8-18(16)23)25-22(24-20)26(3)33(4,31)32/h5-10,13-15,27-28H,11-12H2,1-4H3,(H,29,30)/b10-9+/t14-,15-/m1/s1. The molecule has 2 atom stereocenters. The smallest absolute Gasteiger partial charge is 0.305 e. The Labute approximate surface area is 192 Å². The second-order valence-corrected chi connectivity index (χ2v) is 9.96. The number of aliphatic hydroxyl groups excluding tert-OH is 2. The third kappa shape index (κ3) is 7.04. The predicted octanol–water partition coefficient (Wildman–Crippen LogP) is 2.40. The number of hydrogen-bond acceptors (Lipinski definition) is 7. The van der Waals surface area contributed by atoms with Crippen molar-refractivity contribution in [2.24, 2.45) is 0 Å². The highest BCUT2D eigenvalue weighted by Crippen LogP contribution is 2.32. The minimum Gasteiger partial charge on any atom is -0.481 e. The van der Waals surface area contributed by atoms with Crippen LogP contribution in [0.4, 0.5) is 10.3 Å². The van der Waals surface area contributed by atoms with E-state index in [9.17, 15) is 27.8 Å². The van der Waals surface area contributed by atoms with E-state index in [1.54, 1.807) is 6.07 Å². The number of nitrogens with zero attached hydrogens (tertiary/aromatic N) is 3. The van der Waals surface area contributed by atoms with Crippen molar-refractivity contribution >= 4 is 28.0 Å². The molecule has 0 unspecified atom stereocenters. The molecule has 2 rings (SSSR count). The van der Waals surface area contributed by atoms with Crippen LogP contribution in [0.5, 0.6) is 0 Å². The second-order valence-electron chi connectivity index (χ2n) is 7.95. The SMILES string of the molecule is CC(C)c1nc(N(C)S(C)(=O)=O)nc(-c2ccccc2F)c1/C=C/[C@@H](O)C[C@@H](O)CC(=O)O. The molecule has 1 heterocycles. The van der Waals surface area contributed by atoms with Gasteiger partial charge in [-0.25, -0.2) is 27.1 Å². The zero-order valence-corrected chi connectivity index (χ0v) is 19.6. The van der Waals surface area contributed by atoms with E-state index in [2.05, 4.69) is 9.97 Å². The Hall–Kier alpha value is -2.89. The van der Waals surface area contributed by atoms with E-state index in [4.69, 9.17) is 5.11 Å². The first kappa shape index (κ1) is 26.4. The van der Waals surface area contributed by atoms with Gasteiger partial charge in [0.2, 0.25) is 16.0 Å². The lowest BCUT2D eigenvalue weighted by atomic mass is 9.97. The van der Waals surface area contributed by atoms with Crippen molar-refractivity contribution in [3.8, 4) is 11.3 Å². The number of aromatic nitrogens is 2. The van der Waals surface area contributed by atoms with Gasteiger partial charge in [-0.1, -0.05) is 38.1 Å². The van der Waals surface area contributed by atoms with Gasteiger partial charge < -0.3 is 15.3 Å². The zero-order valence-electron chi connectivity index (χ0n) is 18.8. The predicted molar refractivity (Wildman–Crippen MR) is 123 cm³/mol. The average molecular weight is 482 g/mol. The van der Waals surface area contributed by atoms with Crippen molar-refractivity contribution in [1.29, 1.82) is 0 Å². The first-order valence-electron chi connectivity index (χ1n) is 10.2. The number of carboxylic acids is 1. The molecule has 0 aliphatic heterocycles. The molecule has 2 aromatic rings. The number of aliphatic hydroxyl groups is 2. The molecule has 1 aromatic heterocycles. The summed E-state index contributed by atoms with van der Waals surface area (Å²) in [4.78, 5) is 19.4. The van der Waals surface area contributed by atoms with Gasteiger partial charge in [0.05, 0.1) is 36.3 Å². The zero-order chi connectivity index (χ0) is 24.9. The van der Waals surface area contributed by atoms with Crippen molar-refractivity contribution in [2.45, 2.75) is 44.8 Å². The van der Waals surface area contributed by atoms with Crippen LogP contribution < -0.4 is 4.31 Å². The topological polar surface area (TPSA) is 141 Å². The van der Waals surface area contributed by atoms with Crippen molar-refractivity contribution in [1.82, 2.24) is 9.97 Å². The number of rotatable bonds is 10. The summed E-state index contributed by atoms with van der Waals surface area (Å²) in [5.74, 6) is -2.12. The van der Waals surface area contributed by atoms with Gasteiger partial charge in [-0.05, 0) is 18.1 Å². The summed E-state index contributed by atoms with van der Waals surface area (Å²) < 4.78 is 39.7. The molecule has 0 aliphatic rings. The second kappa shape index (κ2) is 10.8. The molecule has 180 valence electrons. The normalized spacial score (nSPS) is 13.9. The van der Waals surface area contributed by atoms with Crippen molar-refractivity contribution in [3.63, 3.8) is 0 Å². The number of hydrogen-bond donors (Lipinski definition) is 3. The fourth-order valence-electron chi connectivity index (χ4n) is 3.08. The highest BCUT2D eigenvalue weighted by molar-refractivity contribution is 7.92. The van der Waals surface area contributed by atoms with E-state index in [0.29, 0.717) is 11.3 Å². The third-order valence-electron chi connectivity index (χ3n) is 4.83. The van der Waals surface area contributed by atoms with Gasteiger partial charge >= 0.3 is 5.97 Å². The number of anilines is 1. The fraction of sp³-hybridized carbons (Fsp3) is 0.409. The average Bonchev–Trinajstić information content (AvgIpc) is 2.70. The van der Waals surface area contributed by atoms with E-state index in [1.165, 1.54) is 37.4 Å². The van der Waals surface area contributed by atoms with Gasteiger partial charge in [-0.2, -0.15) is 0 Å². The van der Waals surface area contributed by atoms with E-state index in [1.807, 2.05) is 13.8 Å². The first-order chi connectivity index (χ1) is 15.3. The van der Waals surface area contributed by atoms with Crippen LogP contribution in [0.3, 0.4) is 0 Å². The lowest BCUT2D eigenvalue weighted by molar-refractivity contribution is -0.139. The minimum atomic E-state index is -3.69. The maximum atomic E-state index is 14.7. The number of aliphatic carboxylic acids is 1. The largest absolute Gasteiger partial charge is 0.481 e. The van der Waals surface area contributed by atoms with Gasteiger partial charge in [0, 0.05) is 24.6 Å². The molecule has 9 nitrogen and oxygen atoms in total. The van der Waals surface area contributed by atoms with Crippen LogP contribution in [0.1, 0.15) is 43.9 Å². The summed E-state index contributed by atoms with van der Waals surface area (Å²) >= 11 is 0. The molecule has 1 aromatic carbocycles. The maximum absolute atomic E-state index is 14.7. The summed E-state index contributed by atoms with van der Waals surface area (Å²) in [7, 11) is -2.39. The van der Waals surface area contributed by atoms with E-state index in [0.717, 1.165) is 10.6 Å². The molecule has 0 aliphatic carbocycles. The molecule has 33 heavy (non-hydrogen) atoms. The van der Waals surface area contributed by atoms with Crippen molar-refractivity contribution in [2.75, 3.05) is 17.6 Å². The Kier molecular flexibility index (Phi) is 8.64. The summed E-state index contributed by atoms with van der Waals surface area (Å²) in [6, 6.07) is 5.86. The van der Waals surface area contributed by atoms with Crippen LogP contribution in [0.15, 0.2) is 30.3 Å². The molecule has 11 heteroatoms.